The van der Waals surface area contributed by atoms with E-state index in [-0.39, 0.29) is 52.4 Å². The van der Waals surface area contributed by atoms with E-state index in [0.717, 1.165) is 24.4 Å². The smallest absolute Gasteiger partial charge is 0.257 e. The Hall–Kier alpha value is -3.96. The van der Waals surface area contributed by atoms with Crippen molar-refractivity contribution in [3.05, 3.63) is 53.2 Å². The van der Waals surface area contributed by atoms with E-state index in [1.165, 1.54) is 4.52 Å². The predicted octanol–water partition coefficient (Wildman–Crippen LogP) is 2.66. The van der Waals surface area contributed by atoms with E-state index in [1.54, 1.807) is 4.90 Å². The maximum atomic E-state index is 14.2. The number of piperidine rings is 1. The highest BCUT2D eigenvalue weighted by atomic mass is 19.1. The zero-order chi connectivity index (χ0) is 23.4. The molecule has 0 radical (unpaired) electrons. The summed E-state index contributed by atoms with van der Waals surface area (Å²) in [5.41, 5.74) is 11.8. The second-order valence-electron chi connectivity index (χ2n) is 8.13. The standard InChI is InChI=1S/C21H19F3N8O/c1-9-2-3-10(8-31(9)20(33)14-5-12(23)7-27-17(14)25)18-29-19-13-4-11(22)6-15(24)16(13)28-21(26)32(19)30-18/h4-7,9-10H,2-3,8H2,1H3,(H2,25,27)(H2,26,28)/t9-,10+/m0/s1. The molecular formula is C21H19F3N8O. The second kappa shape index (κ2) is 7.57. The third-order valence-electron chi connectivity index (χ3n) is 5.96. The fourth-order valence-electron chi connectivity index (χ4n) is 4.22. The SMILES string of the molecule is C[C@H]1CC[C@@H](c2nc3c4cc(F)cc(F)c4nc(N)n3n2)CN1C(=O)c1cc(F)cnc1N. The van der Waals surface area contributed by atoms with Gasteiger partial charge in [0.25, 0.3) is 5.91 Å². The minimum Gasteiger partial charge on any atom is -0.383 e. The number of nitrogens with zero attached hydrogens (tertiary/aromatic N) is 6. The first-order valence-electron chi connectivity index (χ1n) is 10.3. The van der Waals surface area contributed by atoms with Gasteiger partial charge in [0.15, 0.2) is 17.3 Å². The number of likely N-dealkylation sites (tertiary alicyclic amines) is 1. The quantitative estimate of drug-likeness (QED) is 0.475. The molecule has 12 heteroatoms. The molecule has 4 heterocycles. The summed E-state index contributed by atoms with van der Waals surface area (Å²) in [6.07, 6.45) is 2.24. The molecule has 33 heavy (non-hydrogen) atoms. The van der Waals surface area contributed by atoms with E-state index < -0.39 is 23.4 Å². The Labute approximate surface area is 185 Å². The van der Waals surface area contributed by atoms with E-state index in [2.05, 4.69) is 20.1 Å². The van der Waals surface area contributed by atoms with Gasteiger partial charge in [-0.1, -0.05) is 0 Å². The number of anilines is 2. The summed E-state index contributed by atoms with van der Waals surface area (Å²) in [4.78, 5) is 26.9. The van der Waals surface area contributed by atoms with E-state index in [0.29, 0.717) is 18.7 Å². The Morgan fingerprint density at radius 1 is 1.09 bits per heavy atom. The van der Waals surface area contributed by atoms with Crippen molar-refractivity contribution in [1.82, 2.24) is 29.5 Å². The lowest BCUT2D eigenvalue weighted by Crippen LogP contribution is -2.45. The molecule has 0 bridgehead atoms. The second-order valence-corrected chi connectivity index (χ2v) is 8.13. The molecule has 9 nitrogen and oxygen atoms in total. The van der Waals surface area contributed by atoms with Crippen molar-refractivity contribution in [2.45, 2.75) is 31.7 Å². The number of hydrogen-bond acceptors (Lipinski definition) is 7. The molecule has 1 aliphatic rings. The molecule has 4 aromatic rings. The minimum atomic E-state index is -0.853. The number of pyridine rings is 1. The maximum Gasteiger partial charge on any atom is 0.257 e. The summed E-state index contributed by atoms with van der Waals surface area (Å²) in [5.74, 6) is -2.83. The van der Waals surface area contributed by atoms with Crippen LogP contribution in [0.5, 0.6) is 0 Å². The first kappa shape index (κ1) is 20.9. The van der Waals surface area contributed by atoms with Crippen molar-refractivity contribution in [2.75, 3.05) is 18.0 Å². The van der Waals surface area contributed by atoms with Crippen molar-refractivity contribution < 1.29 is 18.0 Å². The van der Waals surface area contributed by atoms with Gasteiger partial charge in [0, 0.05) is 24.6 Å². The predicted molar refractivity (Wildman–Crippen MR) is 114 cm³/mol. The average molecular weight is 456 g/mol. The maximum absolute atomic E-state index is 14.2. The van der Waals surface area contributed by atoms with Crippen LogP contribution in [0, 0.1) is 17.5 Å². The van der Waals surface area contributed by atoms with Gasteiger partial charge in [0.05, 0.1) is 17.1 Å². The number of halogens is 3. The van der Waals surface area contributed by atoms with Gasteiger partial charge in [-0.25, -0.2) is 28.1 Å². The van der Waals surface area contributed by atoms with Crippen LogP contribution in [0.3, 0.4) is 0 Å². The lowest BCUT2D eigenvalue weighted by atomic mass is 9.92. The molecule has 1 fully saturated rings. The van der Waals surface area contributed by atoms with Gasteiger partial charge in [-0.2, -0.15) is 4.52 Å². The van der Waals surface area contributed by atoms with Crippen LogP contribution in [0.2, 0.25) is 0 Å². The molecule has 170 valence electrons. The van der Waals surface area contributed by atoms with Gasteiger partial charge in [0.2, 0.25) is 5.95 Å². The Balaban J connectivity index is 1.53. The normalized spacial score (nSPS) is 18.8. The number of aromatic nitrogens is 5. The molecule has 0 saturated carbocycles. The van der Waals surface area contributed by atoms with E-state index in [4.69, 9.17) is 11.5 Å². The lowest BCUT2D eigenvalue weighted by Gasteiger charge is -2.37. The van der Waals surface area contributed by atoms with Crippen LogP contribution in [-0.4, -0.2) is 48.0 Å². The monoisotopic (exact) mass is 456 g/mol. The van der Waals surface area contributed by atoms with Crippen molar-refractivity contribution in [1.29, 1.82) is 0 Å². The summed E-state index contributed by atoms with van der Waals surface area (Å²) < 4.78 is 43.0. The third kappa shape index (κ3) is 3.47. The Morgan fingerprint density at radius 3 is 2.67 bits per heavy atom. The topological polar surface area (TPSA) is 128 Å². The molecule has 1 aliphatic heterocycles. The lowest BCUT2D eigenvalue weighted by molar-refractivity contribution is 0.0606. The fourth-order valence-corrected chi connectivity index (χ4v) is 4.22. The van der Waals surface area contributed by atoms with Crippen molar-refractivity contribution in [3.8, 4) is 0 Å². The molecule has 4 N–H and O–H groups in total. The molecule has 3 aromatic heterocycles. The molecule has 0 unspecified atom stereocenters. The molecule has 0 aliphatic carbocycles. The number of rotatable bonds is 2. The number of hydrogen-bond donors (Lipinski definition) is 2. The van der Waals surface area contributed by atoms with Crippen LogP contribution in [0.4, 0.5) is 24.9 Å². The van der Waals surface area contributed by atoms with Gasteiger partial charge < -0.3 is 16.4 Å². The van der Waals surface area contributed by atoms with Crippen LogP contribution in [-0.2, 0) is 0 Å². The molecular weight excluding hydrogens is 437 g/mol. The number of fused-ring (bicyclic) bond motifs is 3. The average Bonchev–Trinajstić information content (AvgIpc) is 3.23. The number of carbonyl (C=O) groups excluding carboxylic acids is 1. The van der Waals surface area contributed by atoms with Crippen LogP contribution >= 0.6 is 0 Å². The van der Waals surface area contributed by atoms with Gasteiger partial charge in [-0.15, -0.1) is 5.10 Å². The zero-order valence-corrected chi connectivity index (χ0v) is 17.5. The van der Waals surface area contributed by atoms with Gasteiger partial charge in [-0.05, 0) is 31.9 Å². The van der Waals surface area contributed by atoms with E-state index in [9.17, 15) is 18.0 Å². The third-order valence-corrected chi connectivity index (χ3v) is 5.96. The largest absolute Gasteiger partial charge is 0.383 e. The number of carbonyl (C=O) groups is 1. The van der Waals surface area contributed by atoms with Crippen molar-refractivity contribution >= 4 is 34.2 Å². The van der Waals surface area contributed by atoms with Crippen LogP contribution < -0.4 is 11.5 Å². The summed E-state index contributed by atoms with van der Waals surface area (Å²) in [7, 11) is 0. The fraction of sp³-hybridized carbons (Fsp3) is 0.286. The Morgan fingerprint density at radius 2 is 1.88 bits per heavy atom. The number of amides is 1. The Kier molecular flexibility index (Phi) is 4.80. The number of nitrogen functional groups attached to an aromatic ring is 2. The summed E-state index contributed by atoms with van der Waals surface area (Å²) in [5, 5.41) is 4.54. The highest BCUT2D eigenvalue weighted by molar-refractivity contribution is 5.98. The van der Waals surface area contributed by atoms with Crippen LogP contribution in [0.25, 0.3) is 16.6 Å². The number of nitrogens with two attached hydrogens (primary N) is 2. The highest BCUT2D eigenvalue weighted by Crippen LogP contribution is 2.32. The van der Waals surface area contributed by atoms with E-state index >= 15 is 0 Å². The van der Waals surface area contributed by atoms with E-state index in [1.807, 2.05) is 6.92 Å². The van der Waals surface area contributed by atoms with Crippen molar-refractivity contribution in [2.24, 2.45) is 0 Å². The molecule has 1 aromatic carbocycles. The van der Waals surface area contributed by atoms with Crippen molar-refractivity contribution in [3.63, 3.8) is 0 Å². The van der Waals surface area contributed by atoms with Crippen LogP contribution in [0.15, 0.2) is 24.4 Å². The first-order chi connectivity index (χ1) is 15.7. The molecule has 5 rings (SSSR count). The molecule has 0 spiro atoms. The summed E-state index contributed by atoms with van der Waals surface area (Å²) >= 11 is 0. The first-order valence-corrected chi connectivity index (χ1v) is 10.3. The summed E-state index contributed by atoms with van der Waals surface area (Å²) in [6, 6.07) is 2.77. The minimum absolute atomic E-state index is 0.0177. The van der Waals surface area contributed by atoms with Gasteiger partial charge >= 0.3 is 0 Å². The molecule has 2 atom stereocenters. The van der Waals surface area contributed by atoms with Gasteiger partial charge in [0.1, 0.15) is 23.0 Å². The molecule has 1 amide bonds. The summed E-state index contributed by atoms with van der Waals surface area (Å²) in [6.45, 7) is 2.12. The Bertz CT molecular complexity index is 1420. The zero-order valence-electron chi connectivity index (χ0n) is 17.5. The van der Waals surface area contributed by atoms with Crippen LogP contribution in [0.1, 0.15) is 41.9 Å². The highest BCUT2D eigenvalue weighted by Gasteiger charge is 2.33. The number of benzene rings is 1. The molecule has 1 saturated heterocycles. The van der Waals surface area contributed by atoms with Gasteiger partial charge in [-0.3, -0.25) is 4.79 Å².